The summed E-state index contributed by atoms with van der Waals surface area (Å²) in [4.78, 5) is 19.1. The van der Waals surface area contributed by atoms with Crippen molar-refractivity contribution < 1.29 is 17.6 Å². The number of benzene rings is 2. The average molecular weight is 489 g/mol. The van der Waals surface area contributed by atoms with Crippen molar-refractivity contribution in [3.8, 4) is 0 Å². The fourth-order valence-corrected chi connectivity index (χ4v) is 5.14. The third-order valence-corrected chi connectivity index (χ3v) is 7.14. The van der Waals surface area contributed by atoms with Gasteiger partial charge in [-0.15, -0.1) is 0 Å². The summed E-state index contributed by atoms with van der Waals surface area (Å²) in [5.74, 6) is -0.0492. The van der Waals surface area contributed by atoms with E-state index in [2.05, 4.69) is 19.9 Å². The second kappa shape index (κ2) is 9.76. The first-order chi connectivity index (χ1) is 15.8. The molecule has 4 rings (SSSR count). The normalized spacial score (nSPS) is 13.7. The Morgan fingerprint density at radius 2 is 1.79 bits per heavy atom. The Balaban J connectivity index is 1.47. The fraction of sp³-hybridized carbons (Fsp3) is 0.217. The number of carbonyl (C=O) groups excluding carboxylic acids is 1. The smallest absolute Gasteiger partial charge is 0.263 e. The summed E-state index contributed by atoms with van der Waals surface area (Å²) in [6.45, 7) is 2.20. The van der Waals surface area contributed by atoms with Gasteiger partial charge in [0.1, 0.15) is 16.5 Å². The summed E-state index contributed by atoms with van der Waals surface area (Å²) in [5, 5.41) is 2.77. The van der Waals surface area contributed by atoms with Gasteiger partial charge in [0.05, 0.1) is 5.02 Å². The van der Waals surface area contributed by atoms with Crippen LogP contribution in [0.4, 0.5) is 15.9 Å². The number of hydrogen-bond acceptors (Lipinski definition) is 5. The number of amides is 1. The molecule has 2 aromatic carbocycles. The van der Waals surface area contributed by atoms with Gasteiger partial charge in [-0.1, -0.05) is 11.6 Å². The Hall–Kier alpha value is -3.17. The number of nitrogens with zero attached hydrogens (tertiary/aromatic N) is 2. The van der Waals surface area contributed by atoms with Crippen molar-refractivity contribution in [1.82, 2.24) is 10.3 Å². The van der Waals surface area contributed by atoms with Crippen LogP contribution < -0.4 is 14.9 Å². The van der Waals surface area contributed by atoms with Crippen molar-refractivity contribution in [2.24, 2.45) is 0 Å². The van der Waals surface area contributed by atoms with Crippen molar-refractivity contribution in [3.05, 3.63) is 82.8 Å². The second-order valence-corrected chi connectivity index (χ2v) is 9.71. The minimum absolute atomic E-state index is 0.0365. The minimum Gasteiger partial charge on any atom is -0.357 e. The second-order valence-electron chi connectivity index (χ2n) is 7.66. The molecule has 0 unspecified atom stereocenters. The van der Waals surface area contributed by atoms with Gasteiger partial charge < -0.3 is 10.2 Å². The van der Waals surface area contributed by atoms with Crippen LogP contribution in [0.1, 0.15) is 28.8 Å². The average Bonchev–Trinajstić information content (AvgIpc) is 3.34. The maximum atomic E-state index is 13.1. The van der Waals surface area contributed by atoms with Crippen LogP contribution in [0.15, 0.2) is 65.7 Å². The molecule has 0 radical (unpaired) electrons. The molecule has 0 atom stereocenters. The van der Waals surface area contributed by atoms with Crippen molar-refractivity contribution in [2.75, 3.05) is 22.7 Å². The summed E-state index contributed by atoms with van der Waals surface area (Å²) in [6.07, 6.45) is 3.99. The van der Waals surface area contributed by atoms with E-state index < -0.39 is 21.7 Å². The van der Waals surface area contributed by atoms with Gasteiger partial charge in [0.25, 0.3) is 15.9 Å². The molecular weight excluding hydrogens is 467 g/mol. The lowest BCUT2D eigenvalue weighted by Crippen LogP contribution is -2.24. The Bertz CT molecular complexity index is 1260. The number of sulfonamides is 1. The number of aromatic nitrogens is 1. The molecule has 1 amide bonds. The molecule has 3 aromatic rings. The van der Waals surface area contributed by atoms with Gasteiger partial charge in [-0.25, -0.2) is 17.8 Å². The highest BCUT2D eigenvalue weighted by Gasteiger charge is 2.21. The summed E-state index contributed by atoms with van der Waals surface area (Å²) < 4.78 is 41.0. The van der Waals surface area contributed by atoms with E-state index in [0.29, 0.717) is 0 Å². The van der Waals surface area contributed by atoms with Crippen LogP contribution >= 0.6 is 11.6 Å². The molecule has 0 spiro atoms. The predicted octanol–water partition coefficient (Wildman–Crippen LogP) is 4.21. The molecule has 172 valence electrons. The molecule has 1 aliphatic rings. The van der Waals surface area contributed by atoms with Crippen LogP contribution in [0.25, 0.3) is 0 Å². The van der Waals surface area contributed by atoms with E-state index in [0.717, 1.165) is 49.4 Å². The molecule has 2 N–H and O–H groups in total. The van der Waals surface area contributed by atoms with Gasteiger partial charge in [-0.05, 0) is 73.0 Å². The van der Waals surface area contributed by atoms with E-state index in [1.54, 1.807) is 6.20 Å². The Labute approximate surface area is 196 Å². The van der Waals surface area contributed by atoms with Gasteiger partial charge in [0.15, 0.2) is 0 Å². The van der Waals surface area contributed by atoms with Crippen LogP contribution in [0, 0.1) is 5.82 Å². The first-order valence-electron chi connectivity index (χ1n) is 10.4. The summed E-state index contributed by atoms with van der Waals surface area (Å²) in [7, 11) is -4.09. The number of hydrogen-bond donors (Lipinski definition) is 2. The highest BCUT2D eigenvalue weighted by atomic mass is 35.5. The Kier molecular flexibility index (Phi) is 6.80. The fourth-order valence-electron chi connectivity index (χ4n) is 3.55. The van der Waals surface area contributed by atoms with Crippen LogP contribution in [-0.4, -0.2) is 32.4 Å². The zero-order chi connectivity index (χ0) is 23.4. The molecule has 0 aliphatic carbocycles. The molecule has 1 fully saturated rings. The lowest BCUT2D eigenvalue weighted by Gasteiger charge is -2.17. The molecular formula is C23H22ClFN4O3S. The molecule has 0 saturated carbocycles. The Morgan fingerprint density at radius 3 is 2.52 bits per heavy atom. The van der Waals surface area contributed by atoms with Crippen LogP contribution in [0.2, 0.25) is 5.02 Å². The highest BCUT2D eigenvalue weighted by molar-refractivity contribution is 7.92. The monoisotopic (exact) mass is 488 g/mol. The van der Waals surface area contributed by atoms with E-state index in [1.165, 1.54) is 30.3 Å². The first-order valence-corrected chi connectivity index (χ1v) is 12.2. The number of halogens is 2. The molecule has 1 saturated heterocycles. The minimum atomic E-state index is -4.09. The lowest BCUT2D eigenvalue weighted by molar-refractivity contribution is 0.0950. The van der Waals surface area contributed by atoms with E-state index in [1.807, 2.05) is 12.1 Å². The van der Waals surface area contributed by atoms with Crippen LogP contribution in [0.5, 0.6) is 0 Å². The molecule has 33 heavy (non-hydrogen) atoms. The first kappa shape index (κ1) is 23.0. The van der Waals surface area contributed by atoms with E-state index >= 15 is 0 Å². The third kappa shape index (κ3) is 5.61. The van der Waals surface area contributed by atoms with Gasteiger partial charge in [0, 0.05) is 37.1 Å². The van der Waals surface area contributed by atoms with Crippen molar-refractivity contribution in [2.45, 2.75) is 24.3 Å². The zero-order valence-electron chi connectivity index (χ0n) is 17.6. The zero-order valence-corrected chi connectivity index (χ0v) is 19.2. The van der Waals surface area contributed by atoms with Gasteiger partial charge in [-0.3, -0.25) is 9.52 Å². The van der Waals surface area contributed by atoms with Gasteiger partial charge in [0.2, 0.25) is 0 Å². The van der Waals surface area contributed by atoms with Crippen molar-refractivity contribution in [3.63, 3.8) is 0 Å². The number of pyridine rings is 1. The highest BCUT2D eigenvalue weighted by Crippen LogP contribution is 2.25. The molecule has 1 aliphatic heterocycles. The lowest BCUT2D eigenvalue weighted by atomic mass is 10.2. The van der Waals surface area contributed by atoms with Crippen molar-refractivity contribution in [1.29, 1.82) is 0 Å². The summed E-state index contributed by atoms with van der Waals surface area (Å²) >= 11 is 6.11. The SMILES string of the molecule is O=C(NCc1ccnc(N2CCCC2)c1)c1ccc(Cl)c(S(=O)(=O)Nc2ccc(F)cc2)c1. The number of carbonyl (C=O) groups is 1. The van der Waals surface area contributed by atoms with Gasteiger partial charge in [-0.2, -0.15) is 0 Å². The number of anilines is 2. The van der Waals surface area contributed by atoms with Gasteiger partial charge >= 0.3 is 0 Å². The number of nitrogens with one attached hydrogen (secondary N) is 2. The summed E-state index contributed by atoms with van der Waals surface area (Å²) in [6, 6.07) is 12.6. The number of rotatable bonds is 7. The van der Waals surface area contributed by atoms with Crippen molar-refractivity contribution >= 4 is 39.0 Å². The topological polar surface area (TPSA) is 91.4 Å². The van der Waals surface area contributed by atoms with Crippen LogP contribution in [-0.2, 0) is 16.6 Å². The Morgan fingerprint density at radius 1 is 1.06 bits per heavy atom. The van der Waals surface area contributed by atoms with E-state index in [9.17, 15) is 17.6 Å². The molecule has 1 aromatic heterocycles. The predicted molar refractivity (Wildman–Crippen MR) is 126 cm³/mol. The van der Waals surface area contributed by atoms with Crippen LogP contribution in [0.3, 0.4) is 0 Å². The molecule has 0 bridgehead atoms. The van der Waals surface area contributed by atoms with E-state index in [-0.39, 0.29) is 27.7 Å². The molecule has 7 nitrogen and oxygen atoms in total. The summed E-state index contributed by atoms with van der Waals surface area (Å²) in [5.41, 5.74) is 1.21. The molecule has 10 heteroatoms. The maximum absolute atomic E-state index is 13.1. The third-order valence-electron chi connectivity index (χ3n) is 5.27. The standard InChI is InChI=1S/C23H22ClFN4O3S/c24-20-8-3-17(14-21(20)33(31,32)28-19-6-4-18(25)5-7-19)23(30)27-15-16-9-10-26-22(13-16)29-11-1-2-12-29/h3-10,13-14,28H,1-2,11-12,15H2,(H,27,30). The quantitative estimate of drug-likeness (QED) is 0.520. The largest absolute Gasteiger partial charge is 0.357 e. The maximum Gasteiger partial charge on any atom is 0.263 e. The molecule has 2 heterocycles. The van der Waals surface area contributed by atoms with E-state index in [4.69, 9.17) is 11.6 Å².